The van der Waals surface area contributed by atoms with Crippen LogP contribution in [0.4, 0.5) is 13.2 Å². The maximum absolute atomic E-state index is 12.1. The molecule has 6 heteroatoms. The van der Waals surface area contributed by atoms with Gasteiger partial charge in [-0.2, -0.15) is 0 Å². The van der Waals surface area contributed by atoms with Crippen LogP contribution in [0.25, 0.3) is 10.9 Å². The van der Waals surface area contributed by atoms with Crippen molar-refractivity contribution in [2.45, 2.75) is 6.36 Å². The lowest BCUT2D eigenvalue weighted by Gasteiger charge is -2.12. The Morgan fingerprint density at radius 1 is 1.19 bits per heavy atom. The fourth-order valence-electron chi connectivity index (χ4n) is 1.42. The zero-order valence-corrected chi connectivity index (χ0v) is 8.26. The zero-order valence-electron chi connectivity index (χ0n) is 8.26. The van der Waals surface area contributed by atoms with E-state index >= 15 is 0 Å². The van der Waals surface area contributed by atoms with E-state index in [-0.39, 0.29) is 11.5 Å². The predicted molar refractivity (Wildman–Crippen MR) is 51.5 cm³/mol. The van der Waals surface area contributed by atoms with Gasteiger partial charge in [-0.05, 0) is 12.1 Å². The lowest BCUT2D eigenvalue weighted by Crippen LogP contribution is -2.17. The molecule has 0 saturated carbocycles. The van der Waals surface area contributed by atoms with Gasteiger partial charge in [-0.15, -0.1) is 13.2 Å². The topological polar surface area (TPSA) is 34.2 Å². The molecule has 16 heavy (non-hydrogen) atoms. The molecular formula is C10H8F3NO2. The highest BCUT2D eigenvalue weighted by Crippen LogP contribution is 2.35. The Bertz CT molecular complexity index is 504. The molecule has 0 fully saturated rings. The normalized spacial score (nSPS) is 11.8. The Morgan fingerprint density at radius 2 is 1.94 bits per heavy atom. The zero-order chi connectivity index (χ0) is 11.8. The van der Waals surface area contributed by atoms with Crippen molar-refractivity contribution in [2.24, 2.45) is 0 Å². The fraction of sp³-hybridized carbons (Fsp3) is 0.200. The summed E-state index contributed by atoms with van der Waals surface area (Å²) < 4.78 is 45.0. The highest BCUT2D eigenvalue weighted by molar-refractivity contribution is 5.83. The molecule has 0 saturated heterocycles. The van der Waals surface area contributed by atoms with Gasteiger partial charge in [0.1, 0.15) is 0 Å². The van der Waals surface area contributed by atoms with Crippen LogP contribution in [0.5, 0.6) is 11.5 Å². The molecule has 0 aliphatic heterocycles. The minimum absolute atomic E-state index is 0.0458. The maximum Gasteiger partial charge on any atom is 0.573 e. The van der Waals surface area contributed by atoms with Crippen molar-refractivity contribution < 1.29 is 22.6 Å². The first-order valence-electron chi connectivity index (χ1n) is 4.40. The molecule has 0 spiro atoms. The van der Waals surface area contributed by atoms with Crippen molar-refractivity contribution in [3.05, 3.63) is 24.4 Å². The molecule has 3 nitrogen and oxygen atoms in total. The van der Waals surface area contributed by atoms with E-state index in [2.05, 4.69) is 9.72 Å². The van der Waals surface area contributed by atoms with Crippen LogP contribution in [0.3, 0.4) is 0 Å². The number of aromatic amines is 1. The van der Waals surface area contributed by atoms with E-state index in [1.165, 1.54) is 19.2 Å². The first-order valence-corrected chi connectivity index (χ1v) is 4.40. The van der Waals surface area contributed by atoms with Crippen molar-refractivity contribution in [2.75, 3.05) is 7.11 Å². The summed E-state index contributed by atoms with van der Waals surface area (Å²) in [5.74, 6) is -0.311. The molecule has 0 aliphatic rings. The smallest absolute Gasteiger partial charge is 0.493 e. The maximum atomic E-state index is 12.1. The third-order valence-corrected chi connectivity index (χ3v) is 2.06. The summed E-state index contributed by atoms with van der Waals surface area (Å²) in [6.07, 6.45) is -3.10. The number of nitrogens with one attached hydrogen (secondary N) is 1. The van der Waals surface area contributed by atoms with Gasteiger partial charge in [0, 0.05) is 23.2 Å². The molecule has 2 rings (SSSR count). The first kappa shape index (κ1) is 10.7. The lowest BCUT2D eigenvalue weighted by molar-refractivity contribution is -0.275. The molecule has 0 aliphatic carbocycles. The number of alkyl halides is 3. The number of H-pyrrole nitrogens is 1. The van der Waals surface area contributed by atoms with E-state index in [1.54, 1.807) is 12.3 Å². The third kappa shape index (κ3) is 2.05. The van der Waals surface area contributed by atoms with E-state index in [4.69, 9.17) is 4.74 Å². The van der Waals surface area contributed by atoms with Crippen LogP contribution in [-0.4, -0.2) is 18.5 Å². The van der Waals surface area contributed by atoms with E-state index in [1.807, 2.05) is 0 Å². The number of fused-ring (bicyclic) bond motifs is 1. The van der Waals surface area contributed by atoms with Gasteiger partial charge in [-0.1, -0.05) is 0 Å². The monoisotopic (exact) mass is 231 g/mol. The number of hydrogen-bond donors (Lipinski definition) is 1. The van der Waals surface area contributed by atoms with Crippen LogP contribution >= 0.6 is 0 Å². The number of benzene rings is 1. The molecule has 0 atom stereocenters. The largest absolute Gasteiger partial charge is 0.573 e. The van der Waals surface area contributed by atoms with Gasteiger partial charge >= 0.3 is 6.36 Å². The van der Waals surface area contributed by atoms with Crippen LogP contribution in [0.15, 0.2) is 24.4 Å². The average molecular weight is 231 g/mol. The van der Waals surface area contributed by atoms with Crippen LogP contribution < -0.4 is 9.47 Å². The first-order chi connectivity index (χ1) is 7.49. The van der Waals surface area contributed by atoms with Gasteiger partial charge < -0.3 is 14.5 Å². The van der Waals surface area contributed by atoms with Crippen LogP contribution in [0.2, 0.25) is 0 Å². The summed E-state index contributed by atoms with van der Waals surface area (Å²) in [5, 5.41) is 0.756. The van der Waals surface area contributed by atoms with Crippen molar-refractivity contribution in [1.29, 1.82) is 0 Å². The van der Waals surface area contributed by atoms with Gasteiger partial charge in [0.2, 0.25) is 0 Å². The molecule has 0 amide bonds. The van der Waals surface area contributed by atoms with Gasteiger partial charge in [-0.25, -0.2) is 0 Å². The van der Waals surface area contributed by atoms with Crippen LogP contribution in [0.1, 0.15) is 0 Å². The standard InChI is InChI=1S/C10H8F3NO2/c1-15-8-4-6-2-3-14-7(6)5-9(8)16-10(11,12)13/h2-5,14H,1H3. The van der Waals surface area contributed by atoms with E-state index in [0.717, 1.165) is 5.39 Å². The summed E-state index contributed by atoms with van der Waals surface area (Å²) in [6.45, 7) is 0. The minimum Gasteiger partial charge on any atom is -0.493 e. The Morgan fingerprint density at radius 3 is 2.56 bits per heavy atom. The van der Waals surface area contributed by atoms with E-state index < -0.39 is 6.36 Å². The van der Waals surface area contributed by atoms with E-state index in [9.17, 15) is 13.2 Å². The second-order valence-electron chi connectivity index (χ2n) is 3.12. The Kier molecular flexibility index (Phi) is 2.41. The molecule has 1 aromatic heterocycles. The number of hydrogen-bond acceptors (Lipinski definition) is 2. The quantitative estimate of drug-likeness (QED) is 0.861. The lowest BCUT2D eigenvalue weighted by atomic mass is 10.2. The van der Waals surface area contributed by atoms with Crippen molar-refractivity contribution in [3.63, 3.8) is 0 Å². The van der Waals surface area contributed by atoms with Gasteiger partial charge in [0.25, 0.3) is 0 Å². The van der Waals surface area contributed by atoms with Crippen LogP contribution in [-0.2, 0) is 0 Å². The van der Waals surface area contributed by atoms with Crippen molar-refractivity contribution >= 4 is 10.9 Å². The second kappa shape index (κ2) is 3.62. The number of methoxy groups -OCH3 is 1. The van der Waals surface area contributed by atoms with Gasteiger partial charge in [0.05, 0.1) is 7.11 Å². The Labute approximate surface area is 88.8 Å². The molecule has 0 radical (unpaired) electrons. The second-order valence-corrected chi connectivity index (χ2v) is 3.12. The molecule has 86 valence electrons. The van der Waals surface area contributed by atoms with E-state index in [0.29, 0.717) is 5.52 Å². The van der Waals surface area contributed by atoms with Gasteiger partial charge in [-0.3, -0.25) is 0 Å². The minimum atomic E-state index is -4.73. The van der Waals surface area contributed by atoms with Gasteiger partial charge in [0.15, 0.2) is 11.5 Å². The summed E-state index contributed by atoms with van der Waals surface area (Å²) in [4.78, 5) is 2.79. The molecule has 1 N–H and O–H groups in total. The Balaban J connectivity index is 2.48. The Hall–Kier alpha value is -1.85. The molecule has 1 aromatic carbocycles. The predicted octanol–water partition coefficient (Wildman–Crippen LogP) is 3.08. The number of aromatic nitrogens is 1. The third-order valence-electron chi connectivity index (χ3n) is 2.06. The van der Waals surface area contributed by atoms with Crippen molar-refractivity contribution in [3.8, 4) is 11.5 Å². The molecule has 1 heterocycles. The molecule has 2 aromatic rings. The summed E-state index contributed by atoms with van der Waals surface area (Å²) in [6, 6.07) is 4.46. The fourth-order valence-corrected chi connectivity index (χ4v) is 1.42. The summed E-state index contributed by atoms with van der Waals surface area (Å²) in [5.41, 5.74) is 0.556. The molecule has 0 unspecified atom stereocenters. The average Bonchev–Trinajstić information content (AvgIpc) is 2.60. The van der Waals surface area contributed by atoms with Crippen LogP contribution in [0, 0.1) is 0 Å². The van der Waals surface area contributed by atoms with Crippen molar-refractivity contribution in [1.82, 2.24) is 4.98 Å². The highest BCUT2D eigenvalue weighted by atomic mass is 19.4. The number of rotatable bonds is 2. The highest BCUT2D eigenvalue weighted by Gasteiger charge is 2.32. The summed E-state index contributed by atoms with van der Waals surface area (Å²) in [7, 11) is 1.29. The molecular weight excluding hydrogens is 223 g/mol. The number of ether oxygens (including phenoxy) is 2. The number of halogens is 3. The molecule has 0 bridgehead atoms. The summed E-state index contributed by atoms with van der Waals surface area (Å²) >= 11 is 0. The SMILES string of the molecule is COc1cc2cc[nH]c2cc1OC(F)(F)F.